The normalized spacial score (nSPS) is 23.9. The van der Waals surface area contributed by atoms with Crippen molar-refractivity contribution in [3.8, 4) is 0 Å². The van der Waals surface area contributed by atoms with Gasteiger partial charge < -0.3 is 14.7 Å². The summed E-state index contributed by atoms with van der Waals surface area (Å²) in [6.45, 7) is 1.69. The molecule has 6 nitrogen and oxygen atoms in total. The lowest BCUT2D eigenvalue weighted by Gasteiger charge is -2.42. The van der Waals surface area contributed by atoms with Crippen molar-refractivity contribution >= 4 is 15.7 Å². The molecule has 1 saturated heterocycles. The maximum atomic E-state index is 12.1. The van der Waals surface area contributed by atoms with Crippen LogP contribution in [0.1, 0.15) is 25.7 Å². The molecule has 0 aromatic carbocycles. The van der Waals surface area contributed by atoms with E-state index in [2.05, 4.69) is 0 Å². The number of piperidine rings is 1. The smallest absolute Gasteiger partial charge is 0.223 e. The summed E-state index contributed by atoms with van der Waals surface area (Å²) in [5.74, 6) is -0.266. The Labute approximate surface area is 121 Å². The maximum Gasteiger partial charge on any atom is 0.223 e. The van der Waals surface area contributed by atoms with Gasteiger partial charge in [0.2, 0.25) is 5.91 Å². The third-order valence-corrected chi connectivity index (χ3v) is 4.82. The van der Waals surface area contributed by atoms with Gasteiger partial charge in [-0.3, -0.25) is 4.79 Å². The summed E-state index contributed by atoms with van der Waals surface area (Å²) in [5, 5.41) is 9.64. The molecule has 0 radical (unpaired) electrons. The highest BCUT2D eigenvalue weighted by Crippen LogP contribution is 2.33. The van der Waals surface area contributed by atoms with Gasteiger partial charge in [-0.2, -0.15) is 0 Å². The number of nitrogens with zero attached hydrogens (tertiary/aromatic N) is 1. The Morgan fingerprint density at radius 1 is 1.45 bits per heavy atom. The van der Waals surface area contributed by atoms with E-state index in [0.717, 1.165) is 19.1 Å². The number of rotatable bonds is 7. The Hall–Kier alpha value is -0.660. The largest absolute Gasteiger partial charge is 0.396 e. The quantitative estimate of drug-likeness (QED) is 0.719. The summed E-state index contributed by atoms with van der Waals surface area (Å²) in [4.78, 5) is 13.8. The lowest BCUT2D eigenvalue weighted by atomic mass is 9.78. The van der Waals surface area contributed by atoms with Crippen molar-refractivity contribution < 1.29 is 23.1 Å². The zero-order chi connectivity index (χ0) is 15.2. The molecule has 0 aromatic heterocycles. The molecule has 0 aliphatic carbocycles. The number of likely N-dealkylation sites (tertiary alicyclic amines) is 1. The summed E-state index contributed by atoms with van der Waals surface area (Å²) >= 11 is 0. The van der Waals surface area contributed by atoms with Crippen molar-refractivity contribution in [2.24, 2.45) is 5.41 Å². The van der Waals surface area contributed by atoms with E-state index >= 15 is 0 Å². The van der Waals surface area contributed by atoms with E-state index in [1.807, 2.05) is 0 Å². The van der Waals surface area contributed by atoms with Crippen molar-refractivity contribution in [1.29, 1.82) is 0 Å². The lowest BCUT2D eigenvalue weighted by molar-refractivity contribution is -0.135. The molecule has 20 heavy (non-hydrogen) atoms. The van der Waals surface area contributed by atoms with Crippen LogP contribution in [0, 0.1) is 5.41 Å². The summed E-state index contributed by atoms with van der Waals surface area (Å²) < 4.78 is 27.3. The van der Waals surface area contributed by atoms with E-state index < -0.39 is 9.84 Å². The fraction of sp³-hybridized carbons (Fsp3) is 0.923. The van der Waals surface area contributed by atoms with Gasteiger partial charge in [-0.1, -0.05) is 0 Å². The van der Waals surface area contributed by atoms with Crippen molar-refractivity contribution in [3.63, 3.8) is 0 Å². The fourth-order valence-electron chi connectivity index (χ4n) is 2.58. The van der Waals surface area contributed by atoms with Crippen LogP contribution in [0.15, 0.2) is 0 Å². The number of sulfone groups is 1. The fourth-order valence-corrected chi connectivity index (χ4v) is 3.13. The molecule has 1 fully saturated rings. The Balaban J connectivity index is 2.60. The van der Waals surface area contributed by atoms with Gasteiger partial charge in [0.25, 0.3) is 0 Å². The van der Waals surface area contributed by atoms with Crippen molar-refractivity contribution in [2.45, 2.75) is 25.7 Å². The van der Waals surface area contributed by atoms with Gasteiger partial charge in [0.1, 0.15) is 9.84 Å². The third kappa shape index (κ3) is 5.38. The predicted molar refractivity (Wildman–Crippen MR) is 76.2 cm³/mol. The Morgan fingerprint density at radius 3 is 2.70 bits per heavy atom. The van der Waals surface area contributed by atoms with Gasteiger partial charge in [-0.05, 0) is 19.3 Å². The lowest BCUT2D eigenvalue weighted by Crippen LogP contribution is -2.48. The molecule has 1 heterocycles. The molecule has 1 aliphatic rings. The number of ether oxygens (including phenoxy) is 1. The number of amides is 1. The monoisotopic (exact) mass is 307 g/mol. The second-order valence-electron chi connectivity index (χ2n) is 5.70. The van der Waals surface area contributed by atoms with Gasteiger partial charge in [-0.25, -0.2) is 8.42 Å². The van der Waals surface area contributed by atoms with Crippen LogP contribution in [-0.2, 0) is 19.4 Å². The first-order valence-corrected chi connectivity index (χ1v) is 8.93. The molecule has 0 aromatic rings. The van der Waals surface area contributed by atoms with Gasteiger partial charge in [0.05, 0.1) is 12.4 Å². The molecule has 0 unspecified atom stereocenters. The third-order valence-electron chi connectivity index (χ3n) is 3.87. The maximum absolute atomic E-state index is 12.1. The van der Waals surface area contributed by atoms with Gasteiger partial charge in [0.15, 0.2) is 0 Å². The Kier molecular flexibility index (Phi) is 6.42. The Morgan fingerprint density at radius 2 is 2.15 bits per heavy atom. The van der Waals surface area contributed by atoms with Gasteiger partial charge >= 0.3 is 0 Å². The first-order chi connectivity index (χ1) is 9.32. The standard InChI is InChI=1S/C13H25NO5S/c1-19-8-6-13(11-15)5-3-7-14(10-13)12(16)4-9-20(2,17)18/h15H,3-11H2,1-2H3/t13-/m0/s1. The topological polar surface area (TPSA) is 83.9 Å². The molecule has 1 atom stereocenters. The van der Waals surface area contributed by atoms with Crippen LogP contribution < -0.4 is 0 Å². The number of hydrogen-bond donors (Lipinski definition) is 1. The summed E-state index contributed by atoms with van der Waals surface area (Å²) in [6, 6.07) is 0. The average Bonchev–Trinajstić information content (AvgIpc) is 2.42. The predicted octanol–water partition coefficient (Wildman–Crippen LogP) is 0.0587. The second kappa shape index (κ2) is 7.38. The van der Waals surface area contributed by atoms with E-state index in [9.17, 15) is 18.3 Å². The molecule has 0 bridgehead atoms. The highest BCUT2D eigenvalue weighted by atomic mass is 32.2. The molecule has 0 spiro atoms. The molecule has 1 rings (SSSR count). The number of carbonyl (C=O) groups is 1. The summed E-state index contributed by atoms with van der Waals surface area (Å²) in [6.07, 6.45) is 3.55. The SMILES string of the molecule is COCC[C@@]1(CO)CCCN(C(=O)CCS(C)(=O)=O)C1. The number of aliphatic hydroxyl groups excluding tert-OH is 1. The van der Waals surface area contributed by atoms with E-state index in [0.29, 0.717) is 26.1 Å². The van der Waals surface area contributed by atoms with Crippen LogP contribution in [-0.4, -0.2) is 69.8 Å². The van der Waals surface area contributed by atoms with Crippen LogP contribution in [0.5, 0.6) is 0 Å². The second-order valence-corrected chi connectivity index (χ2v) is 7.96. The number of aliphatic hydroxyl groups is 1. The zero-order valence-electron chi connectivity index (χ0n) is 12.3. The zero-order valence-corrected chi connectivity index (χ0v) is 13.1. The highest BCUT2D eigenvalue weighted by Gasteiger charge is 2.36. The molecular weight excluding hydrogens is 282 g/mol. The van der Waals surface area contributed by atoms with Crippen LogP contribution in [0.3, 0.4) is 0 Å². The molecule has 1 N–H and O–H groups in total. The van der Waals surface area contributed by atoms with Gasteiger partial charge in [-0.15, -0.1) is 0 Å². The van der Waals surface area contributed by atoms with E-state index in [-0.39, 0.29) is 30.1 Å². The van der Waals surface area contributed by atoms with Crippen LogP contribution in [0.4, 0.5) is 0 Å². The van der Waals surface area contributed by atoms with Crippen molar-refractivity contribution in [1.82, 2.24) is 4.90 Å². The molecule has 118 valence electrons. The van der Waals surface area contributed by atoms with Crippen LogP contribution >= 0.6 is 0 Å². The molecule has 7 heteroatoms. The number of carbonyl (C=O) groups excluding carboxylic acids is 1. The highest BCUT2D eigenvalue weighted by molar-refractivity contribution is 7.90. The Bertz CT molecular complexity index is 422. The first kappa shape index (κ1) is 17.4. The summed E-state index contributed by atoms with van der Waals surface area (Å²) in [7, 11) is -1.51. The van der Waals surface area contributed by atoms with Crippen LogP contribution in [0.25, 0.3) is 0 Å². The minimum Gasteiger partial charge on any atom is -0.396 e. The minimum absolute atomic E-state index is 0.0185. The van der Waals surface area contributed by atoms with E-state index in [1.54, 1.807) is 12.0 Å². The number of methoxy groups -OCH3 is 1. The summed E-state index contributed by atoms with van der Waals surface area (Å²) in [5.41, 5.74) is -0.311. The van der Waals surface area contributed by atoms with Crippen molar-refractivity contribution in [3.05, 3.63) is 0 Å². The average molecular weight is 307 g/mol. The molecule has 1 aliphatic heterocycles. The van der Waals surface area contributed by atoms with Gasteiger partial charge in [0, 0.05) is 44.9 Å². The minimum atomic E-state index is -3.12. The van der Waals surface area contributed by atoms with E-state index in [4.69, 9.17) is 4.74 Å². The van der Waals surface area contributed by atoms with Crippen molar-refractivity contribution in [2.75, 3.05) is 45.4 Å². The first-order valence-electron chi connectivity index (χ1n) is 6.87. The van der Waals surface area contributed by atoms with Crippen LogP contribution in [0.2, 0.25) is 0 Å². The van der Waals surface area contributed by atoms with E-state index in [1.165, 1.54) is 0 Å². The number of hydrogen-bond acceptors (Lipinski definition) is 5. The molecule has 0 saturated carbocycles. The molecular formula is C13H25NO5S. The molecule has 1 amide bonds.